The van der Waals surface area contributed by atoms with Crippen molar-refractivity contribution in [2.45, 2.75) is 38.3 Å². The minimum absolute atomic E-state index is 0.0415. The summed E-state index contributed by atoms with van der Waals surface area (Å²) in [6.07, 6.45) is 7.28. The van der Waals surface area contributed by atoms with Gasteiger partial charge in [-0.2, -0.15) is 4.98 Å². The first kappa shape index (κ1) is 22.5. The molecule has 1 saturated heterocycles. The van der Waals surface area contributed by atoms with Crippen LogP contribution in [0.2, 0.25) is 5.02 Å². The number of halogens is 1. The van der Waals surface area contributed by atoms with Gasteiger partial charge in [0.05, 0.1) is 36.4 Å². The molecule has 5 rings (SSSR count). The van der Waals surface area contributed by atoms with Gasteiger partial charge >= 0.3 is 6.03 Å². The summed E-state index contributed by atoms with van der Waals surface area (Å²) in [5.74, 6) is 2.09. The summed E-state index contributed by atoms with van der Waals surface area (Å²) in [7, 11) is 3.44. The van der Waals surface area contributed by atoms with Crippen LogP contribution in [0.3, 0.4) is 0 Å². The third-order valence-electron chi connectivity index (χ3n) is 6.55. The van der Waals surface area contributed by atoms with E-state index in [1.807, 2.05) is 29.9 Å². The van der Waals surface area contributed by atoms with Gasteiger partial charge in [-0.05, 0) is 37.0 Å². The first-order valence-electron chi connectivity index (χ1n) is 11.3. The molecule has 1 N–H and O–H groups in total. The van der Waals surface area contributed by atoms with E-state index >= 15 is 0 Å². The van der Waals surface area contributed by atoms with Crippen molar-refractivity contribution in [3.05, 3.63) is 53.7 Å². The average Bonchev–Trinajstić information content (AvgIpc) is 3.28. The predicted molar refractivity (Wildman–Crippen MR) is 131 cm³/mol. The SMILES string of the molecule is COc1cc(Cl)cc(-n2cnc(C3(Nc4nccc(N5C(=O)N(C)C[C@@H]5C(C)C)n4)CC3)c2)c1. The molecule has 1 aromatic carbocycles. The number of urea groups is 1. The van der Waals surface area contributed by atoms with Gasteiger partial charge in [-0.25, -0.2) is 14.8 Å². The van der Waals surface area contributed by atoms with Crippen LogP contribution in [-0.4, -0.2) is 57.2 Å². The number of anilines is 2. The Kier molecular flexibility index (Phi) is 5.59. The van der Waals surface area contributed by atoms with Crippen molar-refractivity contribution in [3.63, 3.8) is 0 Å². The van der Waals surface area contributed by atoms with E-state index in [2.05, 4.69) is 29.1 Å². The van der Waals surface area contributed by atoms with E-state index in [4.69, 9.17) is 21.3 Å². The number of ether oxygens (including phenoxy) is 1. The van der Waals surface area contributed by atoms with Crippen LogP contribution in [0.25, 0.3) is 5.69 Å². The van der Waals surface area contributed by atoms with Crippen molar-refractivity contribution in [2.24, 2.45) is 5.92 Å². The zero-order chi connectivity index (χ0) is 24.0. The lowest BCUT2D eigenvalue weighted by Crippen LogP contribution is -2.38. The van der Waals surface area contributed by atoms with Gasteiger partial charge in [0, 0.05) is 37.1 Å². The normalized spacial score (nSPS) is 19.1. The maximum Gasteiger partial charge on any atom is 0.325 e. The van der Waals surface area contributed by atoms with Crippen LogP contribution in [0, 0.1) is 5.92 Å². The summed E-state index contributed by atoms with van der Waals surface area (Å²) in [5, 5.41) is 4.07. The number of nitrogens with one attached hydrogen (secondary N) is 1. The van der Waals surface area contributed by atoms with Crippen molar-refractivity contribution in [3.8, 4) is 11.4 Å². The van der Waals surface area contributed by atoms with Crippen molar-refractivity contribution < 1.29 is 9.53 Å². The standard InChI is InChI=1S/C24H28ClN7O2/c1-15(2)19-12-30(3)23(33)32(19)21-5-8-26-22(28-21)29-24(6-7-24)20-13-31(14-27-20)17-9-16(25)10-18(11-17)34-4/h5,8-11,13-15,19H,6-7,12H2,1-4H3,(H,26,28,29)/t19-/m1/s1. The summed E-state index contributed by atoms with van der Waals surface area (Å²) >= 11 is 6.24. The minimum Gasteiger partial charge on any atom is -0.497 e. The van der Waals surface area contributed by atoms with Crippen LogP contribution in [0.1, 0.15) is 32.4 Å². The van der Waals surface area contributed by atoms with Gasteiger partial charge in [0.25, 0.3) is 0 Å². The number of rotatable bonds is 7. The number of amides is 2. The van der Waals surface area contributed by atoms with Crippen LogP contribution in [0.15, 0.2) is 43.0 Å². The number of benzene rings is 1. The molecule has 2 aliphatic rings. The van der Waals surface area contributed by atoms with Crippen LogP contribution in [0.5, 0.6) is 5.75 Å². The molecule has 0 unspecified atom stereocenters. The van der Waals surface area contributed by atoms with Crippen molar-refractivity contribution >= 4 is 29.4 Å². The Bertz CT molecular complexity index is 1220. The molecule has 2 amide bonds. The maximum absolute atomic E-state index is 12.8. The molecule has 2 aromatic heterocycles. The molecule has 0 bridgehead atoms. The van der Waals surface area contributed by atoms with E-state index in [0.717, 1.165) is 24.2 Å². The van der Waals surface area contributed by atoms with E-state index in [9.17, 15) is 4.79 Å². The summed E-state index contributed by atoms with van der Waals surface area (Å²) in [6, 6.07) is 7.36. The third-order valence-corrected chi connectivity index (χ3v) is 6.76. The smallest absolute Gasteiger partial charge is 0.325 e. The minimum atomic E-state index is -0.338. The van der Waals surface area contributed by atoms with Gasteiger partial charge < -0.3 is 19.5 Å². The van der Waals surface area contributed by atoms with Gasteiger partial charge in [0.1, 0.15) is 11.6 Å². The number of imidazole rings is 1. The summed E-state index contributed by atoms with van der Waals surface area (Å²) in [5.41, 5.74) is 1.43. The molecule has 1 saturated carbocycles. The summed E-state index contributed by atoms with van der Waals surface area (Å²) in [6.45, 7) is 4.92. The van der Waals surface area contributed by atoms with E-state index in [0.29, 0.717) is 35.0 Å². The van der Waals surface area contributed by atoms with Crippen LogP contribution < -0.4 is 15.0 Å². The van der Waals surface area contributed by atoms with Gasteiger partial charge in [-0.1, -0.05) is 25.4 Å². The molecule has 0 radical (unpaired) electrons. The van der Waals surface area contributed by atoms with Crippen molar-refractivity contribution in [1.82, 2.24) is 24.4 Å². The molecule has 1 atom stereocenters. The van der Waals surface area contributed by atoms with E-state index in [-0.39, 0.29) is 17.6 Å². The lowest BCUT2D eigenvalue weighted by Gasteiger charge is -2.25. The Labute approximate surface area is 203 Å². The predicted octanol–water partition coefficient (Wildman–Crippen LogP) is 4.32. The van der Waals surface area contributed by atoms with Crippen molar-refractivity contribution in [1.29, 1.82) is 0 Å². The Morgan fingerprint density at radius 2 is 2.03 bits per heavy atom. The molecule has 34 heavy (non-hydrogen) atoms. The Balaban J connectivity index is 1.39. The Hall–Kier alpha value is -3.33. The molecule has 3 heterocycles. The van der Waals surface area contributed by atoms with Crippen LogP contribution in [0.4, 0.5) is 16.6 Å². The highest BCUT2D eigenvalue weighted by Gasteiger charge is 2.47. The zero-order valence-corrected chi connectivity index (χ0v) is 20.5. The topological polar surface area (TPSA) is 88.4 Å². The molecule has 178 valence electrons. The lowest BCUT2D eigenvalue weighted by molar-refractivity contribution is 0.229. The highest BCUT2D eigenvalue weighted by atomic mass is 35.5. The van der Waals surface area contributed by atoms with E-state index < -0.39 is 0 Å². The van der Waals surface area contributed by atoms with Gasteiger partial charge in [-0.3, -0.25) is 4.90 Å². The number of carbonyl (C=O) groups excluding carboxylic acids is 1. The molecule has 3 aromatic rings. The lowest BCUT2D eigenvalue weighted by atomic mass is 10.0. The first-order chi connectivity index (χ1) is 16.3. The number of nitrogens with zero attached hydrogens (tertiary/aromatic N) is 6. The molecule has 9 nitrogen and oxygen atoms in total. The fourth-order valence-electron chi connectivity index (χ4n) is 4.40. The molecule has 10 heteroatoms. The fourth-order valence-corrected chi connectivity index (χ4v) is 4.62. The second kappa shape index (κ2) is 8.47. The average molecular weight is 482 g/mol. The second-order valence-electron chi connectivity index (χ2n) is 9.31. The molecule has 0 spiro atoms. The molecular weight excluding hydrogens is 454 g/mol. The Morgan fingerprint density at radius 1 is 1.24 bits per heavy atom. The molecule has 1 aliphatic heterocycles. The highest BCUT2D eigenvalue weighted by molar-refractivity contribution is 6.30. The van der Waals surface area contributed by atoms with Crippen molar-refractivity contribution in [2.75, 3.05) is 30.9 Å². The van der Waals surface area contributed by atoms with Crippen LogP contribution in [-0.2, 0) is 5.54 Å². The van der Waals surface area contributed by atoms with Crippen LogP contribution >= 0.6 is 11.6 Å². The second-order valence-corrected chi connectivity index (χ2v) is 9.74. The third kappa shape index (κ3) is 4.04. The number of likely N-dealkylation sites (N-methyl/N-ethyl adjacent to an activating group) is 1. The monoisotopic (exact) mass is 481 g/mol. The molecular formula is C24H28ClN7O2. The largest absolute Gasteiger partial charge is 0.497 e. The Morgan fingerprint density at radius 3 is 2.74 bits per heavy atom. The molecule has 2 fully saturated rings. The summed E-state index contributed by atoms with van der Waals surface area (Å²) < 4.78 is 7.26. The van der Waals surface area contributed by atoms with E-state index in [1.54, 1.807) is 41.6 Å². The number of hydrogen-bond donors (Lipinski definition) is 1. The summed E-state index contributed by atoms with van der Waals surface area (Å²) in [4.78, 5) is 30.1. The van der Waals surface area contributed by atoms with Gasteiger partial charge in [0.2, 0.25) is 5.95 Å². The molecule has 1 aliphatic carbocycles. The van der Waals surface area contributed by atoms with Gasteiger partial charge in [-0.15, -0.1) is 0 Å². The zero-order valence-electron chi connectivity index (χ0n) is 19.7. The number of aromatic nitrogens is 4. The highest BCUT2D eigenvalue weighted by Crippen LogP contribution is 2.47. The number of carbonyl (C=O) groups is 1. The maximum atomic E-state index is 12.8. The quantitative estimate of drug-likeness (QED) is 0.540. The fraction of sp³-hybridized carbons (Fsp3) is 0.417. The number of hydrogen-bond acceptors (Lipinski definition) is 6. The first-order valence-corrected chi connectivity index (χ1v) is 11.7. The van der Waals surface area contributed by atoms with Gasteiger partial charge in [0.15, 0.2) is 0 Å². The van der Waals surface area contributed by atoms with E-state index in [1.165, 1.54) is 0 Å². The number of methoxy groups -OCH3 is 1.